The number of methoxy groups -OCH3 is 1. The van der Waals surface area contributed by atoms with Gasteiger partial charge in [0.25, 0.3) is 0 Å². The Kier molecular flexibility index (Phi) is 3.34. The zero-order valence-electron chi connectivity index (χ0n) is 9.89. The maximum Gasteiger partial charge on any atom is 0.119 e. The number of hydrogen-bond acceptors (Lipinski definition) is 3. The molecule has 0 bridgehead atoms. The summed E-state index contributed by atoms with van der Waals surface area (Å²) in [7, 11) is 1.67. The number of ether oxygens (including phenoxy) is 1. The molecule has 0 aliphatic carbocycles. The van der Waals surface area contributed by atoms with Crippen LogP contribution in [-0.4, -0.2) is 31.4 Å². The lowest BCUT2D eigenvalue weighted by molar-refractivity contribution is 0.263. The summed E-state index contributed by atoms with van der Waals surface area (Å²) in [5.41, 5.74) is 1.17. The molecule has 1 aromatic carbocycles. The molecule has 0 radical (unpaired) electrons. The van der Waals surface area contributed by atoms with Crippen LogP contribution in [-0.2, 0) is 0 Å². The molecule has 88 valence electrons. The van der Waals surface area contributed by atoms with Crippen molar-refractivity contribution in [1.29, 1.82) is 0 Å². The van der Waals surface area contributed by atoms with Gasteiger partial charge in [-0.25, -0.2) is 0 Å². The summed E-state index contributed by atoms with van der Waals surface area (Å²) in [4.78, 5) is 2.28. The number of aliphatic hydroxyl groups is 1. The number of aliphatic hydroxyl groups excluding tert-OH is 1. The zero-order valence-corrected chi connectivity index (χ0v) is 9.89. The van der Waals surface area contributed by atoms with Gasteiger partial charge in [-0.2, -0.15) is 0 Å². The van der Waals surface area contributed by atoms with Gasteiger partial charge in [-0.1, -0.05) is 6.92 Å². The van der Waals surface area contributed by atoms with E-state index in [0.717, 1.165) is 18.7 Å². The smallest absolute Gasteiger partial charge is 0.119 e. The SMILES string of the molecule is COc1ccc(N2CC(C)CC2CO)cc1. The summed E-state index contributed by atoms with van der Waals surface area (Å²) in [6.07, 6.45) is 1.07. The molecule has 3 nitrogen and oxygen atoms in total. The Morgan fingerprint density at radius 1 is 1.38 bits per heavy atom. The van der Waals surface area contributed by atoms with Crippen LogP contribution in [0.25, 0.3) is 0 Å². The summed E-state index contributed by atoms with van der Waals surface area (Å²) >= 11 is 0. The number of anilines is 1. The van der Waals surface area contributed by atoms with Crippen molar-refractivity contribution in [3.8, 4) is 5.75 Å². The highest BCUT2D eigenvalue weighted by Gasteiger charge is 2.28. The van der Waals surface area contributed by atoms with E-state index < -0.39 is 0 Å². The molecule has 0 spiro atoms. The average Bonchev–Trinajstić information content (AvgIpc) is 2.70. The maximum atomic E-state index is 9.35. The highest BCUT2D eigenvalue weighted by Crippen LogP contribution is 2.29. The summed E-state index contributed by atoms with van der Waals surface area (Å²) in [5, 5.41) is 9.35. The Labute approximate surface area is 96.6 Å². The second kappa shape index (κ2) is 4.74. The van der Waals surface area contributed by atoms with Gasteiger partial charge in [0.15, 0.2) is 0 Å². The highest BCUT2D eigenvalue weighted by molar-refractivity contribution is 5.51. The van der Waals surface area contributed by atoms with Crippen LogP contribution in [0.1, 0.15) is 13.3 Å². The molecule has 1 N–H and O–H groups in total. The molecule has 1 aromatic rings. The predicted octanol–water partition coefficient (Wildman–Crippen LogP) is 1.90. The fraction of sp³-hybridized carbons (Fsp3) is 0.538. The molecule has 1 fully saturated rings. The minimum absolute atomic E-state index is 0.233. The van der Waals surface area contributed by atoms with E-state index in [1.807, 2.05) is 12.1 Å². The normalized spacial score (nSPS) is 24.8. The summed E-state index contributed by atoms with van der Waals surface area (Å²) in [6, 6.07) is 8.31. The molecule has 1 heterocycles. The van der Waals surface area contributed by atoms with Gasteiger partial charge >= 0.3 is 0 Å². The molecular weight excluding hydrogens is 202 g/mol. The van der Waals surface area contributed by atoms with Crippen LogP contribution in [0.15, 0.2) is 24.3 Å². The first kappa shape index (κ1) is 11.3. The van der Waals surface area contributed by atoms with Gasteiger partial charge in [0.1, 0.15) is 5.75 Å². The molecule has 2 rings (SSSR count). The predicted molar refractivity (Wildman–Crippen MR) is 65.0 cm³/mol. The standard InChI is InChI=1S/C13H19NO2/c1-10-7-12(9-15)14(8-10)11-3-5-13(16-2)6-4-11/h3-6,10,12,15H,7-9H2,1-2H3. The third-order valence-corrected chi connectivity index (χ3v) is 3.24. The summed E-state index contributed by atoms with van der Waals surface area (Å²) in [5.74, 6) is 1.52. The van der Waals surface area contributed by atoms with Crippen molar-refractivity contribution in [3.05, 3.63) is 24.3 Å². The van der Waals surface area contributed by atoms with Gasteiger partial charge in [-0.15, -0.1) is 0 Å². The Morgan fingerprint density at radius 3 is 2.62 bits per heavy atom. The van der Waals surface area contributed by atoms with Crippen molar-refractivity contribution < 1.29 is 9.84 Å². The van der Waals surface area contributed by atoms with Crippen LogP contribution in [0.5, 0.6) is 5.75 Å². The first-order chi connectivity index (χ1) is 7.74. The van der Waals surface area contributed by atoms with E-state index in [2.05, 4.69) is 24.0 Å². The highest BCUT2D eigenvalue weighted by atomic mass is 16.5. The minimum atomic E-state index is 0.233. The van der Waals surface area contributed by atoms with E-state index in [1.165, 1.54) is 5.69 Å². The van der Waals surface area contributed by atoms with Crippen molar-refractivity contribution in [2.24, 2.45) is 5.92 Å². The number of benzene rings is 1. The molecule has 0 aromatic heterocycles. The van der Waals surface area contributed by atoms with Crippen molar-refractivity contribution >= 4 is 5.69 Å². The Hall–Kier alpha value is -1.22. The lowest BCUT2D eigenvalue weighted by atomic mass is 10.1. The molecule has 3 heteroatoms. The van der Waals surface area contributed by atoms with Gasteiger partial charge in [0, 0.05) is 12.2 Å². The summed E-state index contributed by atoms with van der Waals surface area (Å²) in [6.45, 7) is 3.49. The van der Waals surface area contributed by atoms with Gasteiger partial charge in [-0.3, -0.25) is 0 Å². The van der Waals surface area contributed by atoms with E-state index in [0.29, 0.717) is 5.92 Å². The topological polar surface area (TPSA) is 32.7 Å². The molecule has 1 aliphatic heterocycles. The second-order valence-electron chi connectivity index (χ2n) is 4.53. The molecule has 0 saturated carbocycles. The number of rotatable bonds is 3. The Balaban J connectivity index is 2.16. The lowest BCUT2D eigenvalue weighted by Crippen LogP contribution is -2.31. The Bertz CT molecular complexity index is 336. The van der Waals surface area contributed by atoms with E-state index in [4.69, 9.17) is 4.74 Å². The van der Waals surface area contributed by atoms with Gasteiger partial charge in [0.2, 0.25) is 0 Å². The number of nitrogens with zero attached hydrogens (tertiary/aromatic N) is 1. The molecule has 2 atom stereocenters. The zero-order chi connectivity index (χ0) is 11.5. The fourth-order valence-electron chi connectivity index (χ4n) is 2.41. The maximum absolute atomic E-state index is 9.35. The third kappa shape index (κ3) is 2.14. The van der Waals surface area contributed by atoms with Crippen LogP contribution >= 0.6 is 0 Å². The van der Waals surface area contributed by atoms with Crippen molar-refractivity contribution in [2.75, 3.05) is 25.2 Å². The van der Waals surface area contributed by atoms with Crippen LogP contribution in [0.4, 0.5) is 5.69 Å². The minimum Gasteiger partial charge on any atom is -0.497 e. The molecule has 1 saturated heterocycles. The largest absolute Gasteiger partial charge is 0.497 e. The quantitative estimate of drug-likeness (QED) is 0.846. The van der Waals surface area contributed by atoms with E-state index >= 15 is 0 Å². The summed E-state index contributed by atoms with van der Waals surface area (Å²) < 4.78 is 5.14. The van der Waals surface area contributed by atoms with E-state index in [1.54, 1.807) is 7.11 Å². The van der Waals surface area contributed by atoms with Crippen molar-refractivity contribution in [3.63, 3.8) is 0 Å². The van der Waals surface area contributed by atoms with Crippen LogP contribution in [0.2, 0.25) is 0 Å². The van der Waals surface area contributed by atoms with Crippen LogP contribution in [0, 0.1) is 5.92 Å². The van der Waals surface area contributed by atoms with Crippen molar-refractivity contribution in [2.45, 2.75) is 19.4 Å². The molecular formula is C13H19NO2. The first-order valence-electron chi connectivity index (χ1n) is 5.76. The van der Waals surface area contributed by atoms with Crippen LogP contribution in [0.3, 0.4) is 0 Å². The fourth-order valence-corrected chi connectivity index (χ4v) is 2.41. The van der Waals surface area contributed by atoms with Crippen LogP contribution < -0.4 is 9.64 Å². The molecule has 0 amide bonds. The monoisotopic (exact) mass is 221 g/mol. The second-order valence-corrected chi connectivity index (χ2v) is 4.53. The molecule has 16 heavy (non-hydrogen) atoms. The van der Waals surface area contributed by atoms with Gasteiger partial charge in [-0.05, 0) is 36.6 Å². The third-order valence-electron chi connectivity index (χ3n) is 3.24. The lowest BCUT2D eigenvalue weighted by Gasteiger charge is -2.25. The Morgan fingerprint density at radius 2 is 2.06 bits per heavy atom. The van der Waals surface area contributed by atoms with Gasteiger partial charge in [0.05, 0.1) is 19.8 Å². The van der Waals surface area contributed by atoms with E-state index in [9.17, 15) is 5.11 Å². The first-order valence-corrected chi connectivity index (χ1v) is 5.76. The number of hydrogen-bond donors (Lipinski definition) is 1. The molecule has 1 aliphatic rings. The van der Waals surface area contributed by atoms with E-state index in [-0.39, 0.29) is 12.6 Å². The van der Waals surface area contributed by atoms with Gasteiger partial charge < -0.3 is 14.7 Å². The molecule has 2 unspecified atom stereocenters. The average molecular weight is 221 g/mol. The van der Waals surface area contributed by atoms with Crippen molar-refractivity contribution in [1.82, 2.24) is 0 Å².